The van der Waals surface area contributed by atoms with E-state index in [4.69, 9.17) is 29.0 Å². The number of benzene rings is 3. The summed E-state index contributed by atoms with van der Waals surface area (Å²) in [6.07, 6.45) is -4.61. The first-order chi connectivity index (χ1) is 17.0. The fourth-order valence-electron chi connectivity index (χ4n) is 3.51. The number of anilines is 2. The number of rotatable bonds is 6. The lowest BCUT2D eigenvalue weighted by Gasteiger charge is -2.23. The van der Waals surface area contributed by atoms with Gasteiger partial charge in [-0.05, 0) is 41.5 Å². The van der Waals surface area contributed by atoms with Crippen LogP contribution in [0, 0.1) is 0 Å². The number of nitrogens with zero attached hydrogens (tertiary/aromatic N) is 4. The molecule has 0 saturated heterocycles. The topological polar surface area (TPSA) is 86.2 Å². The fraction of sp³-hybridized carbons (Fsp3) is 0.125. The van der Waals surface area contributed by atoms with E-state index in [0.717, 1.165) is 26.3 Å². The highest BCUT2D eigenvalue weighted by molar-refractivity contribution is 6.42. The minimum Gasteiger partial charge on any atom is -0.258 e. The fourth-order valence-corrected chi connectivity index (χ4v) is 3.83. The Kier molecular flexibility index (Phi) is 7.21. The Hall–Kier alpha value is -3.60. The van der Waals surface area contributed by atoms with Crippen LogP contribution in [-0.2, 0) is 19.3 Å². The second kappa shape index (κ2) is 10.2. The van der Waals surface area contributed by atoms with Crippen LogP contribution in [0.4, 0.5) is 24.8 Å². The van der Waals surface area contributed by atoms with Crippen molar-refractivity contribution in [2.75, 3.05) is 5.01 Å². The van der Waals surface area contributed by atoms with Gasteiger partial charge in [0.1, 0.15) is 0 Å². The van der Waals surface area contributed by atoms with Crippen LogP contribution in [0.25, 0.3) is 0 Å². The van der Waals surface area contributed by atoms with Crippen molar-refractivity contribution in [3.8, 4) is 0 Å². The lowest BCUT2D eigenvalue weighted by atomic mass is 10.2. The van der Waals surface area contributed by atoms with Crippen LogP contribution in [0.1, 0.15) is 16.7 Å². The molecule has 4 aromatic rings. The van der Waals surface area contributed by atoms with Crippen LogP contribution in [-0.4, -0.2) is 14.1 Å². The molecule has 1 aromatic heterocycles. The Balaban J connectivity index is 1.84. The molecule has 0 bridgehead atoms. The highest BCUT2D eigenvalue weighted by Gasteiger charge is 2.31. The highest BCUT2D eigenvalue weighted by atomic mass is 35.5. The number of hydrogen-bond donors (Lipinski definition) is 1. The van der Waals surface area contributed by atoms with Gasteiger partial charge in [0.25, 0.3) is 0 Å². The minimum atomic E-state index is -4.61. The van der Waals surface area contributed by atoms with Gasteiger partial charge in [-0.1, -0.05) is 65.7 Å². The number of halogens is 5. The molecule has 0 amide bonds. The molecule has 0 atom stereocenters. The summed E-state index contributed by atoms with van der Waals surface area (Å²) >= 11 is 12.0. The van der Waals surface area contributed by atoms with E-state index in [9.17, 15) is 22.8 Å². The standard InChI is InChI=1S/C24H18Cl2F3N5O2/c25-19-10-9-16(11-20(19)26)14-33-22(35)31-21(32(23(33)36)13-15-5-2-1-3-6-15)34(30)18-8-4-7-17(12-18)24(27,28)29/h1-12H,13-14,30H2. The van der Waals surface area contributed by atoms with Crippen molar-refractivity contribution in [2.24, 2.45) is 5.84 Å². The quantitative estimate of drug-likeness (QED) is 0.282. The lowest BCUT2D eigenvalue weighted by Crippen LogP contribution is -2.46. The first kappa shape index (κ1) is 25.5. The van der Waals surface area contributed by atoms with E-state index in [1.807, 2.05) is 0 Å². The summed E-state index contributed by atoms with van der Waals surface area (Å²) in [5.74, 6) is 5.80. The molecule has 0 radical (unpaired) electrons. The van der Waals surface area contributed by atoms with Gasteiger partial charge in [-0.2, -0.15) is 18.2 Å². The van der Waals surface area contributed by atoms with Gasteiger partial charge in [-0.3, -0.25) is 4.57 Å². The summed E-state index contributed by atoms with van der Waals surface area (Å²) < 4.78 is 41.7. The molecule has 0 fully saturated rings. The average Bonchev–Trinajstić information content (AvgIpc) is 2.85. The predicted molar refractivity (Wildman–Crippen MR) is 132 cm³/mol. The smallest absolute Gasteiger partial charge is 0.258 e. The van der Waals surface area contributed by atoms with E-state index in [-0.39, 0.29) is 29.7 Å². The van der Waals surface area contributed by atoms with Crippen molar-refractivity contribution in [1.82, 2.24) is 14.1 Å². The summed E-state index contributed by atoms with van der Waals surface area (Å²) in [6, 6.07) is 17.6. The second-order valence-corrected chi connectivity index (χ2v) is 8.62. The highest BCUT2D eigenvalue weighted by Crippen LogP contribution is 2.32. The average molecular weight is 536 g/mol. The summed E-state index contributed by atoms with van der Waals surface area (Å²) in [4.78, 5) is 30.4. The van der Waals surface area contributed by atoms with Crippen molar-refractivity contribution >= 4 is 34.8 Å². The molecule has 0 saturated carbocycles. The van der Waals surface area contributed by atoms with E-state index < -0.39 is 23.1 Å². The zero-order chi connectivity index (χ0) is 26.0. The zero-order valence-corrected chi connectivity index (χ0v) is 19.9. The lowest BCUT2D eigenvalue weighted by molar-refractivity contribution is -0.137. The van der Waals surface area contributed by atoms with Gasteiger partial charge in [0.2, 0.25) is 5.95 Å². The van der Waals surface area contributed by atoms with Gasteiger partial charge in [0, 0.05) is 0 Å². The molecule has 4 rings (SSSR count). The predicted octanol–water partition coefficient (Wildman–Crippen LogP) is 4.84. The molecule has 36 heavy (non-hydrogen) atoms. The summed E-state index contributed by atoms with van der Waals surface area (Å²) in [6.45, 7) is -0.207. The molecule has 2 N–H and O–H groups in total. The molecule has 0 unspecified atom stereocenters. The Morgan fingerprint density at radius 1 is 0.833 bits per heavy atom. The van der Waals surface area contributed by atoms with Gasteiger partial charge in [0.05, 0.1) is 34.4 Å². The Bertz CT molecular complexity index is 1520. The summed E-state index contributed by atoms with van der Waals surface area (Å²) in [7, 11) is 0. The number of alkyl halides is 3. The Labute approximate surface area is 212 Å². The monoisotopic (exact) mass is 535 g/mol. The minimum absolute atomic E-state index is 0.0453. The van der Waals surface area contributed by atoms with Gasteiger partial charge >= 0.3 is 17.6 Å². The molecule has 1 heterocycles. The van der Waals surface area contributed by atoms with Crippen molar-refractivity contribution < 1.29 is 13.2 Å². The number of hydrogen-bond acceptors (Lipinski definition) is 5. The number of hydrazine groups is 1. The Morgan fingerprint density at radius 3 is 2.19 bits per heavy atom. The molecule has 0 aliphatic heterocycles. The first-order valence-electron chi connectivity index (χ1n) is 10.5. The third-order valence-corrected chi connectivity index (χ3v) is 6.04. The van der Waals surface area contributed by atoms with Crippen LogP contribution in [0.2, 0.25) is 10.0 Å². The number of aromatic nitrogens is 3. The van der Waals surface area contributed by atoms with Crippen LogP contribution in [0.3, 0.4) is 0 Å². The van der Waals surface area contributed by atoms with Gasteiger partial charge in [0.15, 0.2) is 0 Å². The molecule has 0 spiro atoms. The van der Waals surface area contributed by atoms with E-state index in [1.165, 1.54) is 24.3 Å². The third kappa shape index (κ3) is 5.46. The molecule has 7 nitrogen and oxygen atoms in total. The van der Waals surface area contributed by atoms with E-state index >= 15 is 0 Å². The van der Waals surface area contributed by atoms with Crippen LogP contribution in [0.5, 0.6) is 0 Å². The third-order valence-electron chi connectivity index (χ3n) is 5.31. The van der Waals surface area contributed by atoms with Crippen LogP contribution < -0.4 is 22.2 Å². The molecular formula is C24H18Cl2F3N5O2. The maximum absolute atomic E-state index is 13.5. The van der Waals surface area contributed by atoms with E-state index in [0.29, 0.717) is 16.1 Å². The SMILES string of the molecule is NN(c1cccc(C(F)(F)F)c1)c1nc(=O)n(Cc2ccc(Cl)c(Cl)c2)c(=O)n1Cc1ccccc1. The van der Waals surface area contributed by atoms with E-state index in [2.05, 4.69) is 4.98 Å². The first-order valence-corrected chi connectivity index (χ1v) is 11.2. The van der Waals surface area contributed by atoms with Gasteiger partial charge < -0.3 is 0 Å². The molecule has 3 aromatic carbocycles. The summed E-state index contributed by atoms with van der Waals surface area (Å²) in [5.41, 5.74) is -1.55. The normalized spacial score (nSPS) is 11.5. The van der Waals surface area contributed by atoms with Crippen LogP contribution >= 0.6 is 23.2 Å². The molecule has 12 heteroatoms. The van der Waals surface area contributed by atoms with Gasteiger partial charge in [-0.15, -0.1) is 0 Å². The maximum atomic E-state index is 13.5. The van der Waals surface area contributed by atoms with Crippen molar-refractivity contribution in [2.45, 2.75) is 19.3 Å². The van der Waals surface area contributed by atoms with Crippen molar-refractivity contribution in [3.63, 3.8) is 0 Å². The van der Waals surface area contributed by atoms with Crippen molar-refractivity contribution in [1.29, 1.82) is 0 Å². The van der Waals surface area contributed by atoms with E-state index in [1.54, 1.807) is 36.4 Å². The molecular weight excluding hydrogens is 518 g/mol. The maximum Gasteiger partial charge on any atom is 0.416 e. The summed E-state index contributed by atoms with van der Waals surface area (Å²) in [5, 5.41) is 1.33. The second-order valence-electron chi connectivity index (χ2n) is 7.80. The number of nitrogens with two attached hydrogens (primary N) is 1. The largest absolute Gasteiger partial charge is 0.416 e. The molecule has 0 aliphatic carbocycles. The zero-order valence-electron chi connectivity index (χ0n) is 18.4. The Morgan fingerprint density at radius 2 is 1.53 bits per heavy atom. The van der Waals surface area contributed by atoms with Crippen LogP contribution in [0.15, 0.2) is 82.4 Å². The molecule has 186 valence electrons. The molecule has 0 aliphatic rings. The van der Waals surface area contributed by atoms with Gasteiger partial charge in [-0.25, -0.2) is 25.0 Å². The van der Waals surface area contributed by atoms with Crippen molar-refractivity contribution in [3.05, 3.63) is 121 Å².